The van der Waals surface area contributed by atoms with E-state index in [0.29, 0.717) is 5.52 Å². The van der Waals surface area contributed by atoms with E-state index in [-0.39, 0.29) is 11.7 Å². The standard InChI is InChI=1S/C10H11FN2/c1-7(2)8-4-6-13-9(10(8)11)3-5-12-13/h3-7H,1-2H3. The second-order valence-corrected chi connectivity index (χ2v) is 3.40. The van der Waals surface area contributed by atoms with Crippen molar-refractivity contribution in [3.8, 4) is 0 Å². The normalized spacial score (nSPS) is 11.4. The first-order valence-electron chi connectivity index (χ1n) is 4.32. The van der Waals surface area contributed by atoms with Crippen LogP contribution in [0.25, 0.3) is 5.52 Å². The quantitative estimate of drug-likeness (QED) is 0.656. The van der Waals surface area contributed by atoms with Crippen molar-refractivity contribution in [2.24, 2.45) is 0 Å². The van der Waals surface area contributed by atoms with Crippen LogP contribution in [-0.4, -0.2) is 9.61 Å². The molecule has 13 heavy (non-hydrogen) atoms. The smallest absolute Gasteiger partial charge is 0.152 e. The monoisotopic (exact) mass is 178 g/mol. The van der Waals surface area contributed by atoms with Crippen molar-refractivity contribution in [1.29, 1.82) is 0 Å². The molecule has 0 N–H and O–H groups in total. The second-order valence-electron chi connectivity index (χ2n) is 3.40. The summed E-state index contributed by atoms with van der Waals surface area (Å²) in [6.07, 6.45) is 3.39. The van der Waals surface area contributed by atoms with Crippen molar-refractivity contribution in [1.82, 2.24) is 9.61 Å². The van der Waals surface area contributed by atoms with Crippen molar-refractivity contribution in [2.45, 2.75) is 19.8 Å². The third-order valence-electron chi connectivity index (χ3n) is 2.17. The van der Waals surface area contributed by atoms with Gasteiger partial charge in [0.1, 0.15) is 5.52 Å². The van der Waals surface area contributed by atoms with E-state index in [1.807, 2.05) is 13.8 Å². The Morgan fingerprint density at radius 3 is 2.85 bits per heavy atom. The summed E-state index contributed by atoms with van der Waals surface area (Å²) in [5, 5.41) is 3.96. The molecule has 0 aliphatic carbocycles. The van der Waals surface area contributed by atoms with E-state index in [2.05, 4.69) is 5.10 Å². The molecule has 3 heteroatoms. The number of nitrogens with zero attached hydrogens (tertiary/aromatic N) is 2. The van der Waals surface area contributed by atoms with E-state index in [9.17, 15) is 4.39 Å². The molecule has 2 heterocycles. The molecule has 0 aliphatic heterocycles. The largest absolute Gasteiger partial charge is 0.238 e. The van der Waals surface area contributed by atoms with E-state index in [0.717, 1.165) is 5.56 Å². The zero-order chi connectivity index (χ0) is 9.42. The summed E-state index contributed by atoms with van der Waals surface area (Å²) in [5.74, 6) is 0.0508. The summed E-state index contributed by atoms with van der Waals surface area (Å²) < 4.78 is 15.2. The lowest BCUT2D eigenvalue weighted by Crippen LogP contribution is -1.97. The molecule has 2 nitrogen and oxygen atoms in total. The molecule has 0 saturated heterocycles. The fraction of sp³-hybridized carbons (Fsp3) is 0.300. The van der Waals surface area contributed by atoms with Crippen LogP contribution in [0.3, 0.4) is 0 Å². The van der Waals surface area contributed by atoms with Gasteiger partial charge >= 0.3 is 0 Å². The molecule has 0 aliphatic rings. The van der Waals surface area contributed by atoms with Crippen molar-refractivity contribution < 1.29 is 4.39 Å². The molecule has 2 rings (SSSR count). The predicted octanol–water partition coefficient (Wildman–Crippen LogP) is 2.60. The lowest BCUT2D eigenvalue weighted by Gasteiger charge is -2.07. The number of halogens is 1. The van der Waals surface area contributed by atoms with Crippen LogP contribution in [0.4, 0.5) is 4.39 Å². The van der Waals surface area contributed by atoms with Crippen molar-refractivity contribution >= 4 is 5.52 Å². The van der Waals surface area contributed by atoms with Gasteiger partial charge in [0.15, 0.2) is 5.82 Å². The van der Waals surface area contributed by atoms with Gasteiger partial charge in [-0.1, -0.05) is 13.8 Å². The van der Waals surface area contributed by atoms with Crippen LogP contribution in [-0.2, 0) is 0 Å². The summed E-state index contributed by atoms with van der Waals surface area (Å²) in [5.41, 5.74) is 1.29. The highest BCUT2D eigenvalue weighted by atomic mass is 19.1. The van der Waals surface area contributed by atoms with Gasteiger partial charge in [-0.15, -0.1) is 0 Å². The third-order valence-corrected chi connectivity index (χ3v) is 2.17. The summed E-state index contributed by atoms with van der Waals surface area (Å²) >= 11 is 0. The first-order valence-corrected chi connectivity index (χ1v) is 4.32. The highest BCUT2D eigenvalue weighted by molar-refractivity contribution is 5.50. The molecule has 0 spiro atoms. The lowest BCUT2D eigenvalue weighted by atomic mass is 10.0. The van der Waals surface area contributed by atoms with Crippen molar-refractivity contribution in [3.63, 3.8) is 0 Å². The van der Waals surface area contributed by atoms with Gasteiger partial charge in [0, 0.05) is 6.20 Å². The first kappa shape index (κ1) is 8.23. The van der Waals surface area contributed by atoms with Crippen LogP contribution in [0.2, 0.25) is 0 Å². The van der Waals surface area contributed by atoms with Gasteiger partial charge < -0.3 is 0 Å². The van der Waals surface area contributed by atoms with Crippen LogP contribution in [0.1, 0.15) is 25.3 Å². The molecule has 2 aromatic heterocycles. The highest BCUT2D eigenvalue weighted by Crippen LogP contribution is 2.21. The second kappa shape index (κ2) is 2.83. The van der Waals surface area contributed by atoms with Gasteiger partial charge in [-0.3, -0.25) is 0 Å². The van der Waals surface area contributed by atoms with Gasteiger partial charge in [0.25, 0.3) is 0 Å². The van der Waals surface area contributed by atoms with Crippen molar-refractivity contribution in [2.75, 3.05) is 0 Å². The maximum absolute atomic E-state index is 13.7. The maximum Gasteiger partial charge on any atom is 0.152 e. The maximum atomic E-state index is 13.7. The van der Waals surface area contributed by atoms with E-state index in [1.54, 1.807) is 29.0 Å². The highest BCUT2D eigenvalue weighted by Gasteiger charge is 2.10. The zero-order valence-corrected chi connectivity index (χ0v) is 7.66. The van der Waals surface area contributed by atoms with Crippen LogP contribution >= 0.6 is 0 Å². The number of rotatable bonds is 1. The molecule has 0 fully saturated rings. The van der Waals surface area contributed by atoms with Gasteiger partial charge in [0.2, 0.25) is 0 Å². The lowest BCUT2D eigenvalue weighted by molar-refractivity contribution is 0.600. The number of aromatic nitrogens is 2. The zero-order valence-electron chi connectivity index (χ0n) is 7.66. The number of pyridine rings is 1. The number of fused-ring (bicyclic) bond motifs is 1. The summed E-state index contributed by atoms with van der Waals surface area (Å²) in [6, 6.07) is 3.46. The Balaban J connectivity index is 2.73. The molecular formula is C10H11FN2. The summed E-state index contributed by atoms with van der Waals surface area (Å²) in [4.78, 5) is 0. The Kier molecular flexibility index (Phi) is 1.79. The van der Waals surface area contributed by atoms with E-state index in [4.69, 9.17) is 0 Å². The first-order chi connectivity index (χ1) is 6.20. The molecule has 2 aromatic rings. The average molecular weight is 178 g/mol. The number of hydrogen-bond donors (Lipinski definition) is 0. The summed E-state index contributed by atoms with van der Waals surface area (Å²) in [7, 11) is 0. The van der Waals surface area contributed by atoms with Gasteiger partial charge in [-0.25, -0.2) is 8.91 Å². The molecule has 0 bridgehead atoms. The Bertz CT molecular complexity index is 431. The molecule has 0 saturated carbocycles. The SMILES string of the molecule is CC(C)c1ccn2nccc2c1F. The van der Waals surface area contributed by atoms with Gasteiger partial charge in [-0.2, -0.15) is 5.10 Å². The van der Waals surface area contributed by atoms with E-state index < -0.39 is 0 Å². The molecule has 0 amide bonds. The minimum atomic E-state index is -0.157. The minimum absolute atomic E-state index is 0.157. The van der Waals surface area contributed by atoms with Crippen LogP contribution < -0.4 is 0 Å². The van der Waals surface area contributed by atoms with Crippen LogP contribution in [0, 0.1) is 5.82 Å². The Labute approximate surface area is 76.0 Å². The number of hydrogen-bond acceptors (Lipinski definition) is 1. The summed E-state index contributed by atoms with van der Waals surface area (Å²) in [6.45, 7) is 3.95. The van der Waals surface area contributed by atoms with E-state index in [1.165, 1.54) is 0 Å². The molecule has 0 aromatic carbocycles. The fourth-order valence-corrected chi connectivity index (χ4v) is 1.42. The van der Waals surface area contributed by atoms with Gasteiger partial charge in [-0.05, 0) is 23.6 Å². The average Bonchev–Trinajstić information content (AvgIpc) is 2.52. The fourth-order valence-electron chi connectivity index (χ4n) is 1.42. The van der Waals surface area contributed by atoms with E-state index >= 15 is 0 Å². The Morgan fingerprint density at radius 2 is 2.15 bits per heavy atom. The molecule has 0 radical (unpaired) electrons. The van der Waals surface area contributed by atoms with Gasteiger partial charge in [0.05, 0.1) is 6.20 Å². The topological polar surface area (TPSA) is 17.3 Å². The Hall–Kier alpha value is -1.38. The van der Waals surface area contributed by atoms with Crippen LogP contribution in [0.5, 0.6) is 0 Å². The molecule has 0 atom stereocenters. The molecular weight excluding hydrogens is 167 g/mol. The molecule has 68 valence electrons. The van der Waals surface area contributed by atoms with Crippen LogP contribution in [0.15, 0.2) is 24.5 Å². The third kappa shape index (κ3) is 1.20. The predicted molar refractivity (Wildman–Crippen MR) is 49.2 cm³/mol. The Morgan fingerprint density at radius 1 is 1.38 bits per heavy atom. The van der Waals surface area contributed by atoms with Crippen molar-refractivity contribution in [3.05, 3.63) is 35.9 Å². The molecule has 0 unspecified atom stereocenters. The minimum Gasteiger partial charge on any atom is -0.238 e.